The van der Waals surface area contributed by atoms with Gasteiger partial charge in [-0.3, -0.25) is 4.99 Å². The number of likely N-dealkylation sites (tertiary alicyclic amines) is 1. The number of guanidine groups is 1. The minimum atomic E-state index is 0.394. The standard InChI is InChI=1S/C16H32N4S/c1-16(8-4-12-21-16)13-19-15(17-2)18-9-5-14-6-10-20(3)11-7-14/h14H,4-13H2,1-3H3,(H2,17,18,19). The lowest BCUT2D eigenvalue weighted by Crippen LogP contribution is -2.44. The summed E-state index contributed by atoms with van der Waals surface area (Å²) in [4.78, 5) is 6.79. The van der Waals surface area contributed by atoms with Gasteiger partial charge in [-0.25, -0.2) is 0 Å². The topological polar surface area (TPSA) is 39.7 Å². The fraction of sp³-hybridized carbons (Fsp3) is 0.938. The molecule has 2 aliphatic rings. The van der Waals surface area contributed by atoms with Gasteiger partial charge in [-0.15, -0.1) is 0 Å². The van der Waals surface area contributed by atoms with Crippen molar-refractivity contribution in [1.82, 2.24) is 15.5 Å². The van der Waals surface area contributed by atoms with Gasteiger partial charge in [-0.05, 0) is 70.8 Å². The largest absolute Gasteiger partial charge is 0.356 e. The average molecular weight is 313 g/mol. The van der Waals surface area contributed by atoms with Crippen LogP contribution in [0.25, 0.3) is 0 Å². The summed E-state index contributed by atoms with van der Waals surface area (Å²) in [5, 5.41) is 6.99. The van der Waals surface area contributed by atoms with Gasteiger partial charge in [0.2, 0.25) is 0 Å². The molecule has 2 rings (SSSR count). The summed E-state index contributed by atoms with van der Waals surface area (Å²) < 4.78 is 0.394. The van der Waals surface area contributed by atoms with Crippen molar-refractivity contribution in [3.63, 3.8) is 0 Å². The molecule has 0 bridgehead atoms. The predicted molar refractivity (Wildman–Crippen MR) is 94.3 cm³/mol. The van der Waals surface area contributed by atoms with Crippen molar-refractivity contribution < 1.29 is 0 Å². The SMILES string of the molecule is CN=C(NCCC1CCN(C)CC1)NCC1(C)CCCS1. The van der Waals surface area contributed by atoms with Crippen LogP contribution in [0.4, 0.5) is 0 Å². The van der Waals surface area contributed by atoms with E-state index in [4.69, 9.17) is 0 Å². The molecule has 0 aromatic carbocycles. The zero-order valence-corrected chi connectivity index (χ0v) is 14.8. The Labute approximate surface area is 134 Å². The molecule has 0 aromatic rings. The number of piperidine rings is 1. The van der Waals surface area contributed by atoms with Crippen molar-refractivity contribution in [2.24, 2.45) is 10.9 Å². The Morgan fingerprint density at radius 2 is 2.10 bits per heavy atom. The minimum absolute atomic E-state index is 0.394. The average Bonchev–Trinajstić information content (AvgIpc) is 2.92. The smallest absolute Gasteiger partial charge is 0.191 e. The van der Waals surface area contributed by atoms with E-state index in [0.717, 1.165) is 25.0 Å². The van der Waals surface area contributed by atoms with Gasteiger partial charge >= 0.3 is 0 Å². The Morgan fingerprint density at radius 3 is 2.71 bits per heavy atom. The van der Waals surface area contributed by atoms with Crippen molar-refractivity contribution in [2.45, 2.75) is 43.8 Å². The first-order valence-corrected chi connectivity index (χ1v) is 9.37. The lowest BCUT2D eigenvalue weighted by Gasteiger charge is -2.29. The van der Waals surface area contributed by atoms with Crippen LogP contribution in [0, 0.1) is 5.92 Å². The Hall–Kier alpha value is -0.420. The van der Waals surface area contributed by atoms with Crippen LogP contribution in [0.15, 0.2) is 4.99 Å². The molecular formula is C16H32N4S. The van der Waals surface area contributed by atoms with Crippen LogP contribution in [0.3, 0.4) is 0 Å². The molecule has 21 heavy (non-hydrogen) atoms. The highest BCUT2D eigenvalue weighted by Crippen LogP contribution is 2.36. The van der Waals surface area contributed by atoms with Crippen LogP contribution in [0.5, 0.6) is 0 Å². The number of thioether (sulfide) groups is 1. The number of rotatable bonds is 5. The molecule has 2 aliphatic heterocycles. The van der Waals surface area contributed by atoms with Crippen LogP contribution < -0.4 is 10.6 Å². The van der Waals surface area contributed by atoms with E-state index in [0.29, 0.717) is 4.75 Å². The second-order valence-corrected chi connectivity index (χ2v) is 8.47. The zero-order valence-electron chi connectivity index (χ0n) is 14.0. The fourth-order valence-corrected chi connectivity index (χ4v) is 4.46. The summed E-state index contributed by atoms with van der Waals surface area (Å²) in [5.74, 6) is 3.16. The lowest BCUT2D eigenvalue weighted by atomic mass is 9.94. The van der Waals surface area contributed by atoms with Crippen LogP contribution in [0.1, 0.15) is 39.0 Å². The van der Waals surface area contributed by atoms with Gasteiger partial charge in [0.25, 0.3) is 0 Å². The molecule has 1 unspecified atom stereocenters. The monoisotopic (exact) mass is 312 g/mol. The Balaban J connectivity index is 1.61. The first kappa shape index (κ1) is 16.9. The predicted octanol–water partition coefficient (Wildman–Crippen LogP) is 2.17. The third kappa shape index (κ3) is 5.70. The first-order chi connectivity index (χ1) is 10.1. The summed E-state index contributed by atoms with van der Waals surface area (Å²) in [6.07, 6.45) is 6.63. The summed E-state index contributed by atoms with van der Waals surface area (Å²) in [6.45, 7) is 6.94. The third-order valence-corrected chi connectivity index (χ3v) is 6.38. The molecule has 0 saturated carbocycles. The maximum absolute atomic E-state index is 4.35. The summed E-state index contributed by atoms with van der Waals surface area (Å²) in [7, 11) is 4.09. The highest BCUT2D eigenvalue weighted by Gasteiger charge is 2.29. The van der Waals surface area contributed by atoms with Crippen molar-refractivity contribution in [3.05, 3.63) is 0 Å². The molecule has 0 amide bonds. The van der Waals surface area contributed by atoms with Gasteiger partial charge < -0.3 is 15.5 Å². The molecule has 0 aromatic heterocycles. The highest BCUT2D eigenvalue weighted by molar-refractivity contribution is 8.00. The molecule has 122 valence electrons. The minimum Gasteiger partial charge on any atom is -0.356 e. The Bertz CT molecular complexity index is 331. The Kier molecular flexibility index (Phi) is 6.68. The summed E-state index contributed by atoms with van der Waals surface area (Å²) in [6, 6.07) is 0. The first-order valence-electron chi connectivity index (χ1n) is 8.38. The molecule has 0 spiro atoms. The fourth-order valence-electron chi connectivity index (χ4n) is 3.21. The second kappa shape index (κ2) is 8.28. The Morgan fingerprint density at radius 1 is 1.33 bits per heavy atom. The normalized spacial score (nSPS) is 28.8. The molecule has 2 saturated heterocycles. The van der Waals surface area contributed by atoms with Crippen molar-refractivity contribution in [3.8, 4) is 0 Å². The third-order valence-electron chi connectivity index (χ3n) is 4.84. The number of aliphatic imine (C=N–C) groups is 1. The van der Waals surface area contributed by atoms with E-state index in [1.54, 1.807) is 0 Å². The van der Waals surface area contributed by atoms with Crippen LogP contribution in [-0.2, 0) is 0 Å². The van der Waals surface area contributed by atoms with Gasteiger partial charge in [0, 0.05) is 24.9 Å². The van der Waals surface area contributed by atoms with Gasteiger partial charge in [-0.1, -0.05) is 0 Å². The molecule has 2 N–H and O–H groups in total. The maximum atomic E-state index is 4.35. The molecule has 5 heteroatoms. The molecule has 0 aliphatic carbocycles. The number of nitrogens with one attached hydrogen (secondary N) is 2. The van der Waals surface area contributed by atoms with Crippen molar-refractivity contribution in [1.29, 1.82) is 0 Å². The molecule has 2 fully saturated rings. The van der Waals surface area contributed by atoms with E-state index in [1.807, 2.05) is 7.05 Å². The molecule has 2 heterocycles. The van der Waals surface area contributed by atoms with E-state index in [1.165, 1.54) is 50.9 Å². The number of hydrogen-bond donors (Lipinski definition) is 2. The van der Waals surface area contributed by atoms with E-state index in [-0.39, 0.29) is 0 Å². The molecule has 4 nitrogen and oxygen atoms in total. The van der Waals surface area contributed by atoms with Crippen LogP contribution in [-0.4, -0.2) is 61.6 Å². The van der Waals surface area contributed by atoms with Gasteiger partial charge in [0.05, 0.1) is 0 Å². The quantitative estimate of drug-likeness (QED) is 0.603. The van der Waals surface area contributed by atoms with Crippen molar-refractivity contribution in [2.75, 3.05) is 46.0 Å². The van der Waals surface area contributed by atoms with Gasteiger partial charge in [0.1, 0.15) is 0 Å². The number of nitrogens with zero attached hydrogens (tertiary/aromatic N) is 2. The van der Waals surface area contributed by atoms with Crippen molar-refractivity contribution >= 4 is 17.7 Å². The van der Waals surface area contributed by atoms with E-state index >= 15 is 0 Å². The van der Waals surface area contributed by atoms with Gasteiger partial charge in [-0.2, -0.15) is 11.8 Å². The maximum Gasteiger partial charge on any atom is 0.191 e. The molecular weight excluding hydrogens is 280 g/mol. The van der Waals surface area contributed by atoms with E-state index in [2.05, 4.69) is 46.3 Å². The van der Waals surface area contributed by atoms with E-state index in [9.17, 15) is 0 Å². The molecule has 1 atom stereocenters. The van der Waals surface area contributed by atoms with Crippen LogP contribution >= 0.6 is 11.8 Å². The summed E-state index contributed by atoms with van der Waals surface area (Å²) in [5.41, 5.74) is 0. The highest BCUT2D eigenvalue weighted by atomic mass is 32.2. The zero-order chi connectivity index (χ0) is 15.1. The van der Waals surface area contributed by atoms with Crippen LogP contribution in [0.2, 0.25) is 0 Å². The van der Waals surface area contributed by atoms with Gasteiger partial charge in [0.15, 0.2) is 5.96 Å². The lowest BCUT2D eigenvalue weighted by molar-refractivity contribution is 0.213. The number of hydrogen-bond acceptors (Lipinski definition) is 3. The summed E-state index contributed by atoms with van der Waals surface area (Å²) >= 11 is 2.09. The van der Waals surface area contributed by atoms with E-state index < -0.39 is 0 Å². The second-order valence-electron chi connectivity index (χ2n) is 6.79. The molecule has 0 radical (unpaired) electrons.